The Balaban J connectivity index is 0.00000363. The second-order valence-electron chi connectivity index (χ2n) is 7.50. The molecule has 172 valence electrons. The molecule has 9 heteroatoms. The maximum Gasteiger partial charge on any atom is 0.238 e. The third-order valence-corrected chi connectivity index (χ3v) is 5.81. The van der Waals surface area contributed by atoms with Crippen LogP contribution in [0, 0.1) is 0 Å². The summed E-state index contributed by atoms with van der Waals surface area (Å²) in [4.78, 5) is 18.9. The largest absolute Gasteiger partial charge is 0.386 e. The van der Waals surface area contributed by atoms with E-state index in [0.29, 0.717) is 25.6 Å². The van der Waals surface area contributed by atoms with E-state index in [9.17, 15) is 9.90 Å². The number of aliphatic imine (C=N–C) groups is 1. The number of hydrogen-bond acceptors (Lipinski definition) is 5. The summed E-state index contributed by atoms with van der Waals surface area (Å²) in [5.41, 5.74) is 1.77. The van der Waals surface area contributed by atoms with Crippen LogP contribution in [0.25, 0.3) is 10.1 Å². The van der Waals surface area contributed by atoms with Crippen molar-refractivity contribution in [3.05, 3.63) is 65.0 Å². The molecule has 1 aromatic heterocycles. The first kappa shape index (κ1) is 26.0. The molecule has 0 fully saturated rings. The van der Waals surface area contributed by atoms with Gasteiger partial charge in [0.2, 0.25) is 5.91 Å². The summed E-state index contributed by atoms with van der Waals surface area (Å²) in [7, 11) is 5.41. The molecule has 3 aromatic rings. The van der Waals surface area contributed by atoms with Crippen LogP contribution in [0.1, 0.15) is 16.5 Å². The van der Waals surface area contributed by atoms with E-state index >= 15 is 0 Å². The number of aliphatic hydroxyl groups excluding tert-OH is 1. The van der Waals surface area contributed by atoms with Crippen LogP contribution in [0.3, 0.4) is 0 Å². The molecular weight excluding hydrogens is 537 g/mol. The Bertz CT molecular complexity index is 1020. The summed E-state index contributed by atoms with van der Waals surface area (Å²) in [5.74, 6) is 0.546. The van der Waals surface area contributed by atoms with Crippen LogP contribution in [-0.4, -0.2) is 56.1 Å². The lowest BCUT2D eigenvalue weighted by Crippen LogP contribution is -2.38. The lowest BCUT2D eigenvalue weighted by atomic mass is 10.2. The maximum atomic E-state index is 11.9. The van der Waals surface area contributed by atoms with E-state index in [1.54, 1.807) is 18.4 Å². The molecule has 0 saturated heterocycles. The van der Waals surface area contributed by atoms with Gasteiger partial charge in [0, 0.05) is 35.4 Å². The molecule has 0 aliphatic carbocycles. The Labute approximate surface area is 209 Å². The number of guanidine groups is 1. The molecular formula is C23H30IN5O2S. The molecule has 1 atom stereocenters. The van der Waals surface area contributed by atoms with E-state index in [1.165, 1.54) is 0 Å². The Morgan fingerprint density at radius 3 is 2.62 bits per heavy atom. The zero-order chi connectivity index (χ0) is 22.2. The summed E-state index contributed by atoms with van der Waals surface area (Å²) in [6, 6.07) is 17.8. The van der Waals surface area contributed by atoms with Crippen LogP contribution in [0.4, 0.5) is 5.69 Å². The first-order chi connectivity index (χ1) is 14.9. The van der Waals surface area contributed by atoms with Crippen molar-refractivity contribution in [1.29, 1.82) is 0 Å². The summed E-state index contributed by atoms with van der Waals surface area (Å²) < 4.78 is 1.16. The molecule has 1 heterocycles. The fourth-order valence-electron chi connectivity index (χ4n) is 3.11. The number of fused-ring (bicyclic) bond motifs is 1. The number of carbonyl (C=O) groups excluding carboxylic acids is 1. The van der Waals surface area contributed by atoms with Gasteiger partial charge in [-0.15, -0.1) is 35.3 Å². The Hall–Kier alpha value is -2.21. The van der Waals surface area contributed by atoms with Gasteiger partial charge in [0.1, 0.15) is 6.10 Å². The number of halogens is 1. The molecule has 0 aliphatic rings. The van der Waals surface area contributed by atoms with E-state index in [4.69, 9.17) is 0 Å². The normalized spacial score (nSPS) is 12.3. The summed E-state index contributed by atoms with van der Waals surface area (Å²) in [6.45, 7) is 1.23. The van der Waals surface area contributed by atoms with Gasteiger partial charge in [-0.05, 0) is 49.3 Å². The van der Waals surface area contributed by atoms with Crippen molar-refractivity contribution in [2.24, 2.45) is 4.99 Å². The molecule has 1 amide bonds. The zero-order valence-corrected chi connectivity index (χ0v) is 21.6. The Kier molecular flexibility index (Phi) is 10.4. The van der Waals surface area contributed by atoms with Crippen LogP contribution < -0.4 is 16.0 Å². The van der Waals surface area contributed by atoms with Crippen molar-refractivity contribution in [2.75, 3.05) is 39.5 Å². The highest BCUT2D eigenvalue weighted by Gasteiger charge is 2.12. The number of amides is 1. The van der Waals surface area contributed by atoms with Crippen LogP contribution in [-0.2, 0) is 11.3 Å². The highest BCUT2D eigenvalue weighted by Crippen LogP contribution is 2.29. The minimum Gasteiger partial charge on any atom is -0.386 e. The molecule has 32 heavy (non-hydrogen) atoms. The van der Waals surface area contributed by atoms with Crippen LogP contribution in [0.5, 0.6) is 0 Å². The smallest absolute Gasteiger partial charge is 0.238 e. The third kappa shape index (κ3) is 7.73. The number of anilines is 1. The fourth-order valence-corrected chi connectivity index (χ4v) is 4.16. The van der Waals surface area contributed by atoms with Crippen molar-refractivity contribution in [2.45, 2.75) is 12.6 Å². The standard InChI is InChI=1S/C23H29N5O2S.HI/c1-24-23(26-14-19(29)21-12-17-8-4-5-10-20(17)31-21)25-13-16-7-6-9-18(11-16)27-22(30)15-28(2)3;/h4-12,19,29H,13-15H2,1-3H3,(H,27,30)(H2,24,25,26);1H. The highest BCUT2D eigenvalue weighted by molar-refractivity contribution is 14.0. The van der Waals surface area contributed by atoms with E-state index in [0.717, 1.165) is 26.2 Å². The topological polar surface area (TPSA) is 89.0 Å². The summed E-state index contributed by atoms with van der Waals surface area (Å²) in [5, 5.41) is 21.0. The summed E-state index contributed by atoms with van der Waals surface area (Å²) >= 11 is 1.60. The van der Waals surface area contributed by atoms with Crippen LogP contribution in [0.15, 0.2) is 59.6 Å². The lowest BCUT2D eigenvalue weighted by Gasteiger charge is -2.15. The number of nitrogens with zero attached hydrogens (tertiary/aromatic N) is 2. The fraction of sp³-hybridized carbons (Fsp3) is 0.304. The number of aliphatic hydroxyl groups is 1. The number of benzene rings is 2. The predicted molar refractivity (Wildman–Crippen MR) is 144 cm³/mol. The van der Waals surface area contributed by atoms with Crippen molar-refractivity contribution in [3.63, 3.8) is 0 Å². The van der Waals surface area contributed by atoms with Crippen molar-refractivity contribution >= 4 is 63.0 Å². The molecule has 0 spiro atoms. The Morgan fingerprint density at radius 1 is 1.12 bits per heavy atom. The first-order valence-corrected chi connectivity index (χ1v) is 10.9. The molecule has 4 N–H and O–H groups in total. The molecule has 3 rings (SSSR count). The molecule has 1 unspecified atom stereocenters. The van der Waals surface area contributed by atoms with E-state index in [1.807, 2.05) is 67.5 Å². The number of hydrogen-bond donors (Lipinski definition) is 4. The van der Waals surface area contributed by atoms with E-state index in [2.05, 4.69) is 27.0 Å². The predicted octanol–water partition coefficient (Wildman–Crippen LogP) is 3.42. The van der Waals surface area contributed by atoms with Gasteiger partial charge in [0.25, 0.3) is 0 Å². The van der Waals surface area contributed by atoms with E-state index in [-0.39, 0.29) is 29.9 Å². The number of likely N-dealkylation sites (N-methyl/N-ethyl adjacent to an activating group) is 1. The van der Waals surface area contributed by atoms with Gasteiger partial charge in [-0.25, -0.2) is 0 Å². The highest BCUT2D eigenvalue weighted by atomic mass is 127. The maximum absolute atomic E-state index is 11.9. The number of thiophene rings is 1. The summed E-state index contributed by atoms with van der Waals surface area (Å²) in [6.07, 6.45) is -0.619. The van der Waals surface area contributed by atoms with Crippen molar-refractivity contribution < 1.29 is 9.90 Å². The molecule has 0 saturated carbocycles. The van der Waals surface area contributed by atoms with Gasteiger partial charge in [-0.2, -0.15) is 0 Å². The van der Waals surface area contributed by atoms with Gasteiger partial charge >= 0.3 is 0 Å². The van der Waals surface area contributed by atoms with Crippen molar-refractivity contribution in [3.8, 4) is 0 Å². The second-order valence-corrected chi connectivity index (χ2v) is 8.61. The number of carbonyl (C=O) groups is 1. The molecule has 0 aliphatic heterocycles. The van der Waals surface area contributed by atoms with Crippen molar-refractivity contribution in [1.82, 2.24) is 15.5 Å². The first-order valence-electron chi connectivity index (χ1n) is 10.1. The third-order valence-electron chi connectivity index (χ3n) is 4.59. The molecule has 7 nitrogen and oxygen atoms in total. The minimum atomic E-state index is -0.619. The lowest BCUT2D eigenvalue weighted by molar-refractivity contribution is -0.116. The van der Waals surface area contributed by atoms with Crippen LogP contribution in [0.2, 0.25) is 0 Å². The quantitative estimate of drug-likeness (QED) is 0.191. The average Bonchev–Trinajstić information content (AvgIpc) is 3.18. The van der Waals surface area contributed by atoms with E-state index < -0.39 is 6.10 Å². The number of rotatable bonds is 8. The molecule has 0 bridgehead atoms. The number of nitrogens with one attached hydrogen (secondary N) is 3. The van der Waals surface area contributed by atoms with Gasteiger partial charge in [0.15, 0.2) is 5.96 Å². The minimum absolute atomic E-state index is 0. The van der Waals surface area contributed by atoms with Gasteiger partial charge in [0.05, 0.1) is 6.54 Å². The Morgan fingerprint density at radius 2 is 1.91 bits per heavy atom. The molecule has 0 radical (unpaired) electrons. The average molecular weight is 567 g/mol. The van der Waals surface area contributed by atoms with Gasteiger partial charge in [-0.3, -0.25) is 9.79 Å². The van der Waals surface area contributed by atoms with Crippen LogP contribution >= 0.6 is 35.3 Å². The SMILES string of the molecule is CN=C(NCc1cccc(NC(=O)CN(C)C)c1)NCC(O)c1cc2ccccc2s1.I. The van der Waals surface area contributed by atoms with Gasteiger partial charge in [-0.1, -0.05) is 30.3 Å². The molecule has 2 aromatic carbocycles. The monoisotopic (exact) mass is 567 g/mol. The van der Waals surface area contributed by atoms with Gasteiger partial charge < -0.3 is 26.0 Å². The zero-order valence-electron chi connectivity index (χ0n) is 18.5. The second kappa shape index (κ2) is 12.7.